The van der Waals surface area contributed by atoms with Crippen LogP contribution < -0.4 is 5.32 Å². The first kappa shape index (κ1) is 8.97. The monoisotopic (exact) mass is 185 g/mol. The van der Waals surface area contributed by atoms with Crippen LogP contribution in [-0.4, -0.2) is 37.9 Å². The molecule has 2 fully saturated rings. The molecule has 0 radical (unpaired) electrons. The number of rotatable bonds is 2. The average molecular weight is 185 g/mol. The predicted octanol–water partition coefficient (Wildman–Crippen LogP) is 0.0705. The fourth-order valence-corrected chi connectivity index (χ4v) is 1.77. The molecule has 4 heteroatoms. The van der Waals surface area contributed by atoms with Crippen LogP contribution in [0.3, 0.4) is 0 Å². The topological polar surface area (TPSA) is 47.6 Å². The molecule has 2 rings (SSSR count). The minimum atomic E-state index is -0.301. The fraction of sp³-hybridized carbons (Fsp3) is 0.889. The van der Waals surface area contributed by atoms with Crippen molar-refractivity contribution in [1.29, 1.82) is 0 Å². The van der Waals surface area contributed by atoms with E-state index in [9.17, 15) is 4.79 Å². The van der Waals surface area contributed by atoms with Crippen LogP contribution in [0.25, 0.3) is 0 Å². The highest BCUT2D eigenvalue weighted by atomic mass is 16.6. The van der Waals surface area contributed by atoms with Crippen molar-refractivity contribution in [3.05, 3.63) is 0 Å². The summed E-state index contributed by atoms with van der Waals surface area (Å²) in [6, 6.07) is 0. The zero-order valence-electron chi connectivity index (χ0n) is 7.62. The third-order valence-electron chi connectivity index (χ3n) is 2.50. The van der Waals surface area contributed by atoms with Crippen LogP contribution in [0.2, 0.25) is 0 Å². The number of carbonyl (C=O) groups is 1. The van der Waals surface area contributed by atoms with E-state index in [0.29, 0.717) is 6.61 Å². The van der Waals surface area contributed by atoms with Gasteiger partial charge in [0.2, 0.25) is 0 Å². The Morgan fingerprint density at radius 3 is 3.00 bits per heavy atom. The van der Waals surface area contributed by atoms with Crippen LogP contribution in [0.15, 0.2) is 0 Å². The minimum absolute atomic E-state index is 0.189. The Labute approximate surface area is 77.6 Å². The first-order valence-electron chi connectivity index (χ1n) is 4.89. The Morgan fingerprint density at radius 2 is 2.38 bits per heavy atom. The molecule has 0 bridgehead atoms. The van der Waals surface area contributed by atoms with Gasteiger partial charge in [0.1, 0.15) is 0 Å². The SMILES string of the molecule is O=C1OCCC1OC1CCCNC1. The highest BCUT2D eigenvalue weighted by molar-refractivity contribution is 5.76. The molecule has 0 aromatic rings. The Bertz CT molecular complexity index is 189. The highest BCUT2D eigenvalue weighted by Crippen LogP contribution is 2.15. The van der Waals surface area contributed by atoms with Crippen molar-refractivity contribution >= 4 is 5.97 Å². The van der Waals surface area contributed by atoms with Gasteiger partial charge in [-0.25, -0.2) is 4.79 Å². The lowest BCUT2D eigenvalue weighted by molar-refractivity contribution is -0.150. The van der Waals surface area contributed by atoms with E-state index < -0.39 is 0 Å². The number of esters is 1. The molecule has 2 atom stereocenters. The van der Waals surface area contributed by atoms with E-state index in [2.05, 4.69) is 5.32 Å². The summed E-state index contributed by atoms with van der Waals surface area (Å²) in [5, 5.41) is 3.25. The molecule has 0 spiro atoms. The van der Waals surface area contributed by atoms with Crippen molar-refractivity contribution in [3.63, 3.8) is 0 Å². The van der Waals surface area contributed by atoms with Crippen molar-refractivity contribution in [2.45, 2.75) is 31.5 Å². The lowest BCUT2D eigenvalue weighted by atomic mass is 10.1. The highest BCUT2D eigenvalue weighted by Gasteiger charge is 2.30. The van der Waals surface area contributed by atoms with E-state index in [1.807, 2.05) is 0 Å². The molecule has 0 aliphatic carbocycles. The van der Waals surface area contributed by atoms with Crippen LogP contribution in [0.1, 0.15) is 19.3 Å². The second kappa shape index (κ2) is 4.07. The number of piperidine rings is 1. The lowest BCUT2D eigenvalue weighted by Gasteiger charge is -2.24. The maximum atomic E-state index is 11.1. The van der Waals surface area contributed by atoms with Crippen LogP contribution in [0.4, 0.5) is 0 Å². The molecule has 13 heavy (non-hydrogen) atoms. The average Bonchev–Trinajstić information content (AvgIpc) is 2.54. The Balaban J connectivity index is 1.79. The molecular formula is C9H15NO3. The van der Waals surface area contributed by atoms with Crippen molar-refractivity contribution < 1.29 is 14.3 Å². The third kappa shape index (κ3) is 2.19. The van der Waals surface area contributed by atoms with Crippen molar-refractivity contribution in [2.75, 3.05) is 19.7 Å². The van der Waals surface area contributed by atoms with Gasteiger partial charge in [-0.1, -0.05) is 0 Å². The molecule has 2 aliphatic heterocycles. The van der Waals surface area contributed by atoms with Gasteiger partial charge in [0.15, 0.2) is 6.10 Å². The maximum Gasteiger partial charge on any atom is 0.335 e. The van der Waals surface area contributed by atoms with Gasteiger partial charge in [0.05, 0.1) is 12.7 Å². The second-order valence-electron chi connectivity index (χ2n) is 3.55. The van der Waals surface area contributed by atoms with E-state index in [-0.39, 0.29) is 18.2 Å². The van der Waals surface area contributed by atoms with Gasteiger partial charge in [-0.15, -0.1) is 0 Å². The van der Waals surface area contributed by atoms with Gasteiger partial charge in [-0.2, -0.15) is 0 Å². The normalized spacial score (nSPS) is 34.6. The summed E-state index contributed by atoms with van der Waals surface area (Å²) in [4.78, 5) is 11.1. The van der Waals surface area contributed by atoms with Gasteiger partial charge in [-0.05, 0) is 19.4 Å². The summed E-state index contributed by atoms with van der Waals surface area (Å²) in [5.74, 6) is -0.189. The molecule has 0 amide bonds. The summed E-state index contributed by atoms with van der Waals surface area (Å²) in [6.07, 6.45) is 2.80. The quantitative estimate of drug-likeness (QED) is 0.618. The number of cyclic esters (lactones) is 1. The third-order valence-corrected chi connectivity index (χ3v) is 2.50. The Kier molecular flexibility index (Phi) is 2.80. The number of hydrogen-bond acceptors (Lipinski definition) is 4. The molecular weight excluding hydrogens is 170 g/mol. The van der Waals surface area contributed by atoms with Crippen molar-refractivity contribution in [1.82, 2.24) is 5.32 Å². The lowest BCUT2D eigenvalue weighted by Crippen LogP contribution is -2.38. The smallest absolute Gasteiger partial charge is 0.335 e. The van der Waals surface area contributed by atoms with E-state index in [1.54, 1.807) is 0 Å². The number of ether oxygens (including phenoxy) is 2. The van der Waals surface area contributed by atoms with Gasteiger partial charge >= 0.3 is 5.97 Å². The van der Waals surface area contributed by atoms with Gasteiger partial charge in [-0.3, -0.25) is 0 Å². The summed E-state index contributed by atoms with van der Waals surface area (Å²) >= 11 is 0. The second-order valence-corrected chi connectivity index (χ2v) is 3.55. The van der Waals surface area contributed by atoms with Gasteiger partial charge in [0.25, 0.3) is 0 Å². The maximum absolute atomic E-state index is 11.1. The molecule has 2 heterocycles. The fourth-order valence-electron chi connectivity index (χ4n) is 1.77. The molecule has 2 saturated heterocycles. The van der Waals surface area contributed by atoms with Crippen LogP contribution >= 0.6 is 0 Å². The molecule has 4 nitrogen and oxygen atoms in total. The first-order valence-corrected chi connectivity index (χ1v) is 4.89. The zero-order valence-corrected chi connectivity index (χ0v) is 7.62. The molecule has 2 unspecified atom stereocenters. The largest absolute Gasteiger partial charge is 0.464 e. The summed E-state index contributed by atoms with van der Waals surface area (Å²) in [7, 11) is 0. The standard InChI is InChI=1S/C9H15NO3/c11-9-8(3-5-12-9)13-7-2-1-4-10-6-7/h7-8,10H,1-6H2. The minimum Gasteiger partial charge on any atom is -0.464 e. The molecule has 2 aliphatic rings. The zero-order chi connectivity index (χ0) is 9.10. The number of hydrogen-bond donors (Lipinski definition) is 1. The summed E-state index contributed by atoms with van der Waals surface area (Å²) in [5.41, 5.74) is 0. The van der Waals surface area contributed by atoms with E-state index in [4.69, 9.17) is 9.47 Å². The molecule has 0 saturated carbocycles. The summed E-state index contributed by atoms with van der Waals surface area (Å²) < 4.78 is 10.5. The van der Waals surface area contributed by atoms with E-state index in [0.717, 1.165) is 32.4 Å². The van der Waals surface area contributed by atoms with Gasteiger partial charge < -0.3 is 14.8 Å². The Hall–Kier alpha value is -0.610. The van der Waals surface area contributed by atoms with Gasteiger partial charge in [0, 0.05) is 13.0 Å². The van der Waals surface area contributed by atoms with Crippen LogP contribution in [0, 0.1) is 0 Å². The number of nitrogens with one attached hydrogen (secondary N) is 1. The molecule has 0 aromatic carbocycles. The number of carbonyl (C=O) groups excluding carboxylic acids is 1. The van der Waals surface area contributed by atoms with Crippen molar-refractivity contribution in [2.24, 2.45) is 0 Å². The van der Waals surface area contributed by atoms with Crippen LogP contribution in [-0.2, 0) is 14.3 Å². The van der Waals surface area contributed by atoms with Crippen molar-refractivity contribution in [3.8, 4) is 0 Å². The van der Waals surface area contributed by atoms with E-state index >= 15 is 0 Å². The molecule has 74 valence electrons. The first-order chi connectivity index (χ1) is 6.36. The Morgan fingerprint density at radius 1 is 1.46 bits per heavy atom. The summed E-state index contributed by atoms with van der Waals surface area (Å²) in [6.45, 7) is 2.45. The molecule has 0 aromatic heterocycles. The van der Waals surface area contributed by atoms with E-state index in [1.165, 1.54) is 0 Å². The molecule has 1 N–H and O–H groups in total. The predicted molar refractivity (Wildman–Crippen MR) is 46.3 cm³/mol. The van der Waals surface area contributed by atoms with Crippen LogP contribution in [0.5, 0.6) is 0 Å².